The molecule has 0 heterocycles. The van der Waals surface area contributed by atoms with E-state index in [4.69, 9.17) is 4.74 Å². The van der Waals surface area contributed by atoms with Gasteiger partial charge in [0.25, 0.3) is 0 Å². The summed E-state index contributed by atoms with van der Waals surface area (Å²) in [6.07, 6.45) is -0.509. The van der Waals surface area contributed by atoms with Crippen LogP contribution in [0.25, 0.3) is 0 Å². The molecule has 1 amide bonds. The van der Waals surface area contributed by atoms with Crippen LogP contribution in [0, 0.1) is 0 Å². The maximum absolute atomic E-state index is 10.9. The maximum Gasteiger partial charge on any atom is 0.221 e. The van der Waals surface area contributed by atoms with E-state index in [0.29, 0.717) is 12.3 Å². The van der Waals surface area contributed by atoms with E-state index >= 15 is 0 Å². The first-order valence-electron chi connectivity index (χ1n) is 6.96. The number of likely N-dealkylation sites (N-methyl/N-ethyl adjacent to an activating group) is 1. The summed E-state index contributed by atoms with van der Waals surface area (Å²) in [5, 5.41) is 12.6. The third-order valence-electron chi connectivity index (χ3n) is 2.98. The largest absolute Gasteiger partial charge is 1.00 e. The fourth-order valence-corrected chi connectivity index (χ4v) is 1.86. The van der Waals surface area contributed by atoms with E-state index in [1.54, 1.807) is 24.3 Å². The first-order chi connectivity index (χ1) is 9.55. The van der Waals surface area contributed by atoms with Crippen LogP contribution in [0.1, 0.15) is 20.8 Å². The lowest BCUT2D eigenvalue weighted by atomic mass is 10.3. The number of benzene rings is 1. The fourth-order valence-electron chi connectivity index (χ4n) is 1.86. The van der Waals surface area contributed by atoms with Crippen molar-refractivity contribution in [2.75, 3.05) is 31.6 Å². The third kappa shape index (κ3) is 7.90. The molecule has 0 bridgehead atoms. The van der Waals surface area contributed by atoms with Crippen molar-refractivity contribution in [1.29, 1.82) is 0 Å². The van der Waals surface area contributed by atoms with Crippen molar-refractivity contribution in [3.05, 3.63) is 24.3 Å². The summed E-state index contributed by atoms with van der Waals surface area (Å²) in [5.41, 5.74) is 0.730. The second kappa shape index (κ2) is 10.4. The summed E-state index contributed by atoms with van der Waals surface area (Å²) in [7, 11) is 0. The lowest BCUT2D eigenvalue weighted by Crippen LogP contribution is -3.00. The Morgan fingerprint density at radius 1 is 1.29 bits per heavy atom. The molecule has 0 saturated heterocycles. The van der Waals surface area contributed by atoms with Crippen molar-refractivity contribution >= 4 is 11.6 Å². The van der Waals surface area contributed by atoms with Gasteiger partial charge in [0.05, 0.1) is 0 Å². The topological polar surface area (TPSA) is 61.8 Å². The van der Waals surface area contributed by atoms with Crippen LogP contribution in [0.15, 0.2) is 24.3 Å². The smallest absolute Gasteiger partial charge is 0.221 e. The molecule has 5 nitrogen and oxygen atoms in total. The predicted molar refractivity (Wildman–Crippen MR) is 80.0 cm³/mol. The Morgan fingerprint density at radius 3 is 2.33 bits per heavy atom. The Bertz CT molecular complexity index is 408. The van der Waals surface area contributed by atoms with Crippen LogP contribution in [0.5, 0.6) is 5.75 Å². The minimum absolute atomic E-state index is 0. The minimum atomic E-state index is -0.509. The molecule has 21 heavy (non-hydrogen) atoms. The zero-order chi connectivity index (χ0) is 15.0. The molecule has 0 aromatic heterocycles. The van der Waals surface area contributed by atoms with Gasteiger partial charge in [-0.1, -0.05) is 13.8 Å². The van der Waals surface area contributed by atoms with Gasteiger partial charge < -0.3 is 32.5 Å². The van der Waals surface area contributed by atoms with Crippen LogP contribution >= 0.6 is 0 Å². The van der Waals surface area contributed by atoms with Crippen molar-refractivity contribution < 1.29 is 27.0 Å². The Morgan fingerprint density at radius 2 is 1.86 bits per heavy atom. The van der Waals surface area contributed by atoms with E-state index in [1.807, 2.05) is 0 Å². The van der Waals surface area contributed by atoms with Crippen molar-refractivity contribution in [3.63, 3.8) is 0 Å². The molecule has 0 spiro atoms. The molecule has 0 radical (unpaired) electrons. The number of amides is 1. The van der Waals surface area contributed by atoms with Crippen LogP contribution < -0.4 is 22.5 Å². The normalized spacial score (nSPS) is 11.7. The van der Waals surface area contributed by atoms with Gasteiger partial charge in [-0.05, 0) is 37.4 Å². The molecule has 1 unspecified atom stereocenters. The summed E-state index contributed by atoms with van der Waals surface area (Å²) in [5.74, 6) is 0.575. The van der Waals surface area contributed by atoms with Crippen LogP contribution in [-0.4, -0.2) is 48.3 Å². The van der Waals surface area contributed by atoms with Gasteiger partial charge in [0.15, 0.2) is 0 Å². The zero-order valence-corrected chi connectivity index (χ0v) is 13.6. The number of anilines is 1. The zero-order valence-electron chi connectivity index (χ0n) is 12.8. The molecule has 1 rings (SSSR count). The summed E-state index contributed by atoms with van der Waals surface area (Å²) < 4.78 is 5.53. The number of rotatable bonds is 8. The van der Waals surface area contributed by atoms with Gasteiger partial charge in [-0.25, -0.2) is 0 Å². The van der Waals surface area contributed by atoms with Gasteiger partial charge in [0.1, 0.15) is 18.5 Å². The second-order valence-corrected chi connectivity index (χ2v) is 4.66. The standard InChI is InChI=1S/C15H24N2O3.ClH/c1-4-17(5-2)10-14(19)11-20-15-8-6-13(7-9-15)16-12(3)18;/h6-9,14,19H,4-5,10-11H2,1-3H3,(H,16,18);1H/p-1. The van der Waals surface area contributed by atoms with Gasteiger partial charge in [0.2, 0.25) is 5.91 Å². The molecule has 1 atom stereocenters. The summed E-state index contributed by atoms with van der Waals surface area (Å²) in [4.78, 5) is 13.0. The number of hydrogen-bond acceptors (Lipinski definition) is 4. The van der Waals surface area contributed by atoms with Crippen molar-refractivity contribution in [3.8, 4) is 5.75 Å². The highest BCUT2D eigenvalue weighted by molar-refractivity contribution is 5.88. The predicted octanol–water partition coefficient (Wildman–Crippen LogP) is -1.27. The Labute approximate surface area is 132 Å². The monoisotopic (exact) mass is 315 g/mol. The van der Waals surface area contributed by atoms with Crippen molar-refractivity contribution in [2.24, 2.45) is 0 Å². The molecular formula is C15H24ClN2O3-. The van der Waals surface area contributed by atoms with Gasteiger partial charge in [-0.2, -0.15) is 0 Å². The number of aliphatic hydroxyl groups is 1. The third-order valence-corrected chi connectivity index (χ3v) is 2.98. The Hall–Kier alpha value is -1.30. The number of nitrogens with zero attached hydrogens (tertiary/aromatic N) is 1. The van der Waals surface area contributed by atoms with Crippen LogP contribution in [-0.2, 0) is 4.79 Å². The Balaban J connectivity index is 0.00000400. The van der Waals surface area contributed by atoms with E-state index in [1.165, 1.54) is 6.92 Å². The number of halogens is 1. The molecule has 0 aliphatic carbocycles. The highest BCUT2D eigenvalue weighted by atomic mass is 35.5. The first-order valence-corrected chi connectivity index (χ1v) is 6.96. The highest BCUT2D eigenvalue weighted by Crippen LogP contribution is 2.15. The van der Waals surface area contributed by atoms with Gasteiger partial charge in [-0.3, -0.25) is 4.79 Å². The number of hydrogen-bond donors (Lipinski definition) is 2. The maximum atomic E-state index is 10.9. The molecule has 0 fully saturated rings. The number of ether oxygens (including phenoxy) is 1. The minimum Gasteiger partial charge on any atom is -1.00 e. The Kier molecular flexibility index (Phi) is 9.78. The van der Waals surface area contributed by atoms with Crippen LogP contribution in [0.4, 0.5) is 5.69 Å². The lowest BCUT2D eigenvalue weighted by molar-refractivity contribution is -0.114. The molecular weight excluding hydrogens is 292 g/mol. The molecule has 1 aromatic carbocycles. The molecule has 0 saturated carbocycles. The molecule has 120 valence electrons. The summed E-state index contributed by atoms with van der Waals surface area (Å²) in [6.45, 7) is 8.30. The number of aliphatic hydroxyl groups excluding tert-OH is 1. The van der Waals surface area contributed by atoms with E-state index in [0.717, 1.165) is 18.8 Å². The molecule has 0 aliphatic rings. The number of nitrogens with one attached hydrogen (secondary N) is 1. The van der Waals surface area contributed by atoms with Crippen LogP contribution in [0.2, 0.25) is 0 Å². The molecule has 1 aromatic rings. The van der Waals surface area contributed by atoms with Crippen molar-refractivity contribution in [2.45, 2.75) is 26.9 Å². The van der Waals surface area contributed by atoms with E-state index in [2.05, 4.69) is 24.1 Å². The van der Waals surface area contributed by atoms with Gasteiger partial charge >= 0.3 is 0 Å². The molecule has 6 heteroatoms. The van der Waals surface area contributed by atoms with Gasteiger partial charge in [0, 0.05) is 19.2 Å². The quantitative estimate of drug-likeness (QED) is 0.628. The average Bonchev–Trinajstić information content (AvgIpc) is 2.43. The summed E-state index contributed by atoms with van der Waals surface area (Å²) >= 11 is 0. The molecule has 2 N–H and O–H groups in total. The van der Waals surface area contributed by atoms with Gasteiger partial charge in [-0.15, -0.1) is 0 Å². The van der Waals surface area contributed by atoms with Crippen molar-refractivity contribution in [1.82, 2.24) is 4.90 Å². The van der Waals surface area contributed by atoms with Crippen LogP contribution in [0.3, 0.4) is 0 Å². The summed E-state index contributed by atoms with van der Waals surface area (Å²) in [6, 6.07) is 7.09. The SMILES string of the molecule is CCN(CC)CC(O)COc1ccc(NC(C)=O)cc1.[Cl-]. The van der Waals surface area contributed by atoms with E-state index in [-0.39, 0.29) is 24.9 Å². The van der Waals surface area contributed by atoms with E-state index < -0.39 is 6.10 Å². The fraction of sp³-hybridized carbons (Fsp3) is 0.533. The first kappa shape index (κ1) is 19.7. The van der Waals surface area contributed by atoms with E-state index in [9.17, 15) is 9.90 Å². The highest BCUT2D eigenvalue weighted by Gasteiger charge is 2.09. The number of carbonyl (C=O) groups is 1. The number of carbonyl (C=O) groups excluding carboxylic acids is 1. The molecule has 0 aliphatic heterocycles. The lowest BCUT2D eigenvalue weighted by Gasteiger charge is -2.21. The average molecular weight is 316 g/mol. The second-order valence-electron chi connectivity index (χ2n) is 4.66.